The minimum Gasteiger partial charge on any atom is -0.385 e. The molecular formula is C10H22N2O2. The van der Waals surface area contributed by atoms with Crippen LogP contribution in [0, 0.1) is 0 Å². The van der Waals surface area contributed by atoms with E-state index in [-0.39, 0.29) is 6.03 Å². The molecule has 14 heavy (non-hydrogen) atoms. The second-order valence-corrected chi connectivity index (χ2v) is 3.22. The van der Waals surface area contributed by atoms with Crippen LogP contribution in [0.1, 0.15) is 20.3 Å². The van der Waals surface area contributed by atoms with E-state index in [4.69, 9.17) is 4.74 Å². The molecule has 0 heterocycles. The zero-order valence-electron chi connectivity index (χ0n) is 9.75. The van der Waals surface area contributed by atoms with E-state index in [0.29, 0.717) is 6.61 Å². The first-order chi connectivity index (χ1) is 6.67. The van der Waals surface area contributed by atoms with E-state index in [0.717, 1.165) is 26.1 Å². The predicted molar refractivity (Wildman–Crippen MR) is 57.4 cm³/mol. The summed E-state index contributed by atoms with van der Waals surface area (Å²) in [5, 5.41) is 0. The van der Waals surface area contributed by atoms with Gasteiger partial charge in [0.1, 0.15) is 0 Å². The van der Waals surface area contributed by atoms with Gasteiger partial charge in [0, 0.05) is 40.4 Å². The first-order valence-electron chi connectivity index (χ1n) is 5.16. The number of nitrogens with zero attached hydrogens (tertiary/aromatic N) is 2. The summed E-state index contributed by atoms with van der Waals surface area (Å²) in [6.45, 7) is 6.97. The SMILES string of the molecule is CCN(CC)C(=O)N(C)CCCOC. The van der Waals surface area contributed by atoms with E-state index in [9.17, 15) is 4.79 Å². The molecule has 4 nitrogen and oxygen atoms in total. The van der Waals surface area contributed by atoms with Crippen LogP contribution in [-0.2, 0) is 4.74 Å². The second-order valence-electron chi connectivity index (χ2n) is 3.22. The van der Waals surface area contributed by atoms with Crippen molar-refractivity contribution in [2.45, 2.75) is 20.3 Å². The van der Waals surface area contributed by atoms with Gasteiger partial charge in [-0.05, 0) is 20.3 Å². The molecule has 0 N–H and O–H groups in total. The molecule has 0 rings (SSSR count). The quantitative estimate of drug-likeness (QED) is 0.610. The van der Waals surface area contributed by atoms with Crippen LogP contribution in [0.25, 0.3) is 0 Å². The first-order valence-corrected chi connectivity index (χ1v) is 5.16. The molecule has 0 atom stereocenters. The highest BCUT2D eigenvalue weighted by molar-refractivity contribution is 5.74. The zero-order chi connectivity index (χ0) is 11.0. The third kappa shape index (κ3) is 4.46. The van der Waals surface area contributed by atoms with Gasteiger partial charge in [0.15, 0.2) is 0 Å². The number of rotatable bonds is 6. The summed E-state index contributed by atoms with van der Waals surface area (Å²) in [6, 6.07) is 0.103. The van der Waals surface area contributed by atoms with Crippen LogP contribution in [0.15, 0.2) is 0 Å². The molecule has 0 fully saturated rings. The first kappa shape index (κ1) is 13.2. The van der Waals surface area contributed by atoms with Crippen LogP contribution in [0.3, 0.4) is 0 Å². The van der Waals surface area contributed by atoms with Crippen LogP contribution in [0.2, 0.25) is 0 Å². The maximum atomic E-state index is 11.7. The molecule has 0 aliphatic heterocycles. The van der Waals surface area contributed by atoms with Crippen molar-refractivity contribution >= 4 is 6.03 Å². The smallest absolute Gasteiger partial charge is 0.319 e. The molecule has 0 bridgehead atoms. The molecular weight excluding hydrogens is 180 g/mol. The van der Waals surface area contributed by atoms with E-state index >= 15 is 0 Å². The third-order valence-electron chi connectivity index (χ3n) is 2.20. The molecule has 84 valence electrons. The Morgan fingerprint density at radius 1 is 1.29 bits per heavy atom. The molecule has 0 aromatic carbocycles. The number of hydrogen-bond acceptors (Lipinski definition) is 2. The van der Waals surface area contributed by atoms with Gasteiger partial charge < -0.3 is 14.5 Å². The van der Waals surface area contributed by atoms with Crippen molar-refractivity contribution < 1.29 is 9.53 Å². The minimum atomic E-state index is 0.103. The van der Waals surface area contributed by atoms with Gasteiger partial charge in [-0.2, -0.15) is 0 Å². The number of ether oxygens (including phenoxy) is 1. The van der Waals surface area contributed by atoms with E-state index in [1.807, 2.05) is 25.8 Å². The number of amides is 2. The van der Waals surface area contributed by atoms with Crippen LogP contribution in [-0.4, -0.2) is 56.2 Å². The Kier molecular flexibility index (Phi) is 7.20. The topological polar surface area (TPSA) is 32.8 Å². The maximum Gasteiger partial charge on any atom is 0.319 e. The Balaban J connectivity index is 3.84. The molecule has 0 aromatic rings. The monoisotopic (exact) mass is 202 g/mol. The van der Waals surface area contributed by atoms with Gasteiger partial charge in [0.05, 0.1) is 0 Å². The molecule has 4 heteroatoms. The molecule has 0 aliphatic carbocycles. The highest BCUT2D eigenvalue weighted by atomic mass is 16.5. The lowest BCUT2D eigenvalue weighted by Gasteiger charge is -2.26. The Hall–Kier alpha value is -0.770. The Morgan fingerprint density at radius 2 is 1.86 bits per heavy atom. The highest BCUT2D eigenvalue weighted by Crippen LogP contribution is 1.97. The van der Waals surface area contributed by atoms with Crippen molar-refractivity contribution in [1.82, 2.24) is 9.80 Å². The van der Waals surface area contributed by atoms with Crippen molar-refractivity contribution in [2.24, 2.45) is 0 Å². The fourth-order valence-electron chi connectivity index (χ4n) is 1.28. The number of carbonyl (C=O) groups excluding carboxylic acids is 1. The van der Waals surface area contributed by atoms with Crippen LogP contribution in [0.4, 0.5) is 4.79 Å². The number of urea groups is 1. The summed E-state index contributed by atoms with van der Waals surface area (Å²) in [7, 11) is 3.50. The lowest BCUT2D eigenvalue weighted by molar-refractivity contribution is 0.154. The summed E-state index contributed by atoms with van der Waals surface area (Å²) in [6.07, 6.45) is 0.889. The van der Waals surface area contributed by atoms with E-state index in [2.05, 4.69) is 0 Å². The number of methoxy groups -OCH3 is 1. The Labute approximate surface area is 86.8 Å². The minimum absolute atomic E-state index is 0.103. The Morgan fingerprint density at radius 3 is 2.29 bits per heavy atom. The highest BCUT2D eigenvalue weighted by Gasteiger charge is 2.13. The number of hydrogen-bond donors (Lipinski definition) is 0. The van der Waals surface area contributed by atoms with Crippen LogP contribution >= 0.6 is 0 Å². The third-order valence-corrected chi connectivity index (χ3v) is 2.20. The fraction of sp³-hybridized carbons (Fsp3) is 0.900. The van der Waals surface area contributed by atoms with Gasteiger partial charge in [0.25, 0.3) is 0 Å². The molecule has 0 saturated heterocycles. The van der Waals surface area contributed by atoms with Crippen molar-refractivity contribution in [1.29, 1.82) is 0 Å². The van der Waals surface area contributed by atoms with E-state index < -0.39 is 0 Å². The van der Waals surface area contributed by atoms with Crippen molar-refractivity contribution in [3.05, 3.63) is 0 Å². The second kappa shape index (κ2) is 7.62. The molecule has 0 radical (unpaired) electrons. The maximum absolute atomic E-state index is 11.7. The molecule has 0 aromatic heterocycles. The molecule has 0 spiro atoms. The Bertz CT molecular complexity index is 158. The van der Waals surface area contributed by atoms with E-state index in [1.54, 1.807) is 12.0 Å². The van der Waals surface area contributed by atoms with Gasteiger partial charge in [-0.25, -0.2) is 4.79 Å². The summed E-state index contributed by atoms with van der Waals surface area (Å²) in [5.74, 6) is 0. The van der Waals surface area contributed by atoms with Gasteiger partial charge in [-0.1, -0.05) is 0 Å². The molecule has 0 aliphatic rings. The molecule has 0 saturated carbocycles. The predicted octanol–water partition coefficient (Wildman–Crippen LogP) is 1.42. The summed E-state index contributed by atoms with van der Waals surface area (Å²) >= 11 is 0. The normalized spacial score (nSPS) is 10.0. The average Bonchev–Trinajstić information content (AvgIpc) is 2.19. The lowest BCUT2D eigenvalue weighted by Crippen LogP contribution is -2.41. The van der Waals surface area contributed by atoms with Crippen molar-refractivity contribution in [2.75, 3.05) is 40.4 Å². The van der Waals surface area contributed by atoms with Crippen LogP contribution < -0.4 is 0 Å². The summed E-state index contributed by atoms with van der Waals surface area (Å²) < 4.78 is 4.93. The van der Waals surface area contributed by atoms with Gasteiger partial charge in [0.2, 0.25) is 0 Å². The summed E-state index contributed by atoms with van der Waals surface area (Å²) in [5.41, 5.74) is 0. The molecule has 0 unspecified atom stereocenters. The van der Waals surface area contributed by atoms with E-state index in [1.165, 1.54) is 0 Å². The summed E-state index contributed by atoms with van der Waals surface area (Å²) in [4.78, 5) is 15.3. The largest absolute Gasteiger partial charge is 0.385 e. The lowest BCUT2D eigenvalue weighted by atomic mass is 10.4. The van der Waals surface area contributed by atoms with Gasteiger partial charge in [-0.3, -0.25) is 0 Å². The molecule has 2 amide bonds. The fourth-order valence-corrected chi connectivity index (χ4v) is 1.28. The van der Waals surface area contributed by atoms with Crippen LogP contribution in [0.5, 0.6) is 0 Å². The average molecular weight is 202 g/mol. The number of carbonyl (C=O) groups is 1. The van der Waals surface area contributed by atoms with Gasteiger partial charge in [-0.15, -0.1) is 0 Å². The standard InChI is InChI=1S/C10H22N2O2/c1-5-12(6-2)10(13)11(3)8-7-9-14-4/h5-9H2,1-4H3. The van der Waals surface area contributed by atoms with Crippen molar-refractivity contribution in [3.8, 4) is 0 Å². The van der Waals surface area contributed by atoms with Crippen molar-refractivity contribution in [3.63, 3.8) is 0 Å². The zero-order valence-corrected chi connectivity index (χ0v) is 9.75. The van der Waals surface area contributed by atoms with Gasteiger partial charge >= 0.3 is 6.03 Å².